The lowest BCUT2D eigenvalue weighted by Gasteiger charge is -2.13. The van der Waals surface area contributed by atoms with Crippen LogP contribution in [0.1, 0.15) is 42.0 Å². The van der Waals surface area contributed by atoms with Gasteiger partial charge in [-0.1, -0.05) is 13.8 Å². The molecule has 0 aromatic carbocycles. The predicted octanol–water partition coefficient (Wildman–Crippen LogP) is 3.40. The van der Waals surface area contributed by atoms with E-state index in [9.17, 15) is 0 Å². The largest absolute Gasteiger partial charge is 0.312 e. The van der Waals surface area contributed by atoms with Crippen molar-refractivity contribution in [2.75, 3.05) is 19.6 Å². The highest BCUT2D eigenvalue weighted by Crippen LogP contribution is 2.24. The summed E-state index contributed by atoms with van der Waals surface area (Å²) in [6, 6.07) is 2.41. The van der Waals surface area contributed by atoms with Crippen LogP contribution in [0.2, 0.25) is 0 Å². The van der Waals surface area contributed by atoms with Gasteiger partial charge in [0.25, 0.3) is 0 Å². The summed E-state index contributed by atoms with van der Waals surface area (Å²) in [6.45, 7) is 12.7. The zero-order valence-corrected chi connectivity index (χ0v) is 12.8. The molecule has 1 N–H and O–H groups in total. The molecule has 2 nitrogen and oxygen atoms in total. The summed E-state index contributed by atoms with van der Waals surface area (Å²) in [5, 5.41) is 3.53. The van der Waals surface area contributed by atoms with Gasteiger partial charge in [0.2, 0.25) is 0 Å². The van der Waals surface area contributed by atoms with Crippen molar-refractivity contribution in [1.82, 2.24) is 10.2 Å². The van der Waals surface area contributed by atoms with Gasteiger partial charge >= 0.3 is 0 Å². The molecule has 18 heavy (non-hydrogen) atoms. The minimum Gasteiger partial charge on any atom is -0.312 e. The van der Waals surface area contributed by atoms with Gasteiger partial charge in [0, 0.05) is 22.8 Å². The summed E-state index contributed by atoms with van der Waals surface area (Å²) >= 11 is 1.96. The molecule has 2 heterocycles. The molecule has 0 radical (unpaired) electrons. The fourth-order valence-electron chi connectivity index (χ4n) is 2.50. The Bertz CT molecular complexity index is 365. The van der Waals surface area contributed by atoms with E-state index in [1.54, 1.807) is 5.56 Å². The standard InChI is InChI=1S/C15H26N2S/c1-12(2)9-16-10-15-8-14(13(3)18-15)11-17-6-4-5-7-17/h8,12,16H,4-7,9-11H2,1-3H3. The van der Waals surface area contributed by atoms with E-state index in [0.29, 0.717) is 0 Å². The van der Waals surface area contributed by atoms with E-state index in [2.05, 4.69) is 37.1 Å². The average Bonchev–Trinajstić information content (AvgIpc) is 2.90. The fourth-order valence-corrected chi connectivity index (χ4v) is 3.52. The molecule has 0 bridgehead atoms. The topological polar surface area (TPSA) is 15.3 Å². The Kier molecular flexibility index (Phi) is 5.22. The van der Waals surface area contributed by atoms with E-state index in [-0.39, 0.29) is 0 Å². The molecule has 0 atom stereocenters. The van der Waals surface area contributed by atoms with Crippen LogP contribution in [-0.4, -0.2) is 24.5 Å². The van der Waals surface area contributed by atoms with Crippen molar-refractivity contribution in [1.29, 1.82) is 0 Å². The molecular weight excluding hydrogens is 240 g/mol. The maximum atomic E-state index is 3.53. The van der Waals surface area contributed by atoms with E-state index in [4.69, 9.17) is 0 Å². The van der Waals surface area contributed by atoms with Crippen molar-refractivity contribution in [3.05, 3.63) is 21.4 Å². The van der Waals surface area contributed by atoms with Crippen molar-refractivity contribution in [3.63, 3.8) is 0 Å². The number of hydrogen-bond acceptors (Lipinski definition) is 3. The molecule has 0 saturated carbocycles. The highest BCUT2D eigenvalue weighted by atomic mass is 32.1. The van der Waals surface area contributed by atoms with Crippen molar-refractivity contribution in [2.45, 2.75) is 46.7 Å². The van der Waals surface area contributed by atoms with Crippen molar-refractivity contribution >= 4 is 11.3 Å². The van der Waals surface area contributed by atoms with Gasteiger partial charge in [-0.25, -0.2) is 0 Å². The van der Waals surface area contributed by atoms with Gasteiger partial charge in [-0.15, -0.1) is 11.3 Å². The zero-order valence-electron chi connectivity index (χ0n) is 12.0. The van der Waals surface area contributed by atoms with Crippen LogP contribution in [0.3, 0.4) is 0 Å². The minimum absolute atomic E-state index is 0.732. The molecule has 0 unspecified atom stereocenters. The molecule has 1 aliphatic rings. The zero-order chi connectivity index (χ0) is 13.0. The lowest BCUT2D eigenvalue weighted by Crippen LogP contribution is -2.19. The number of rotatable bonds is 6. The van der Waals surface area contributed by atoms with Crippen molar-refractivity contribution < 1.29 is 0 Å². The van der Waals surface area contributed by atoms with Crippen LogP contribution in [0.15, 0.2) is 6.07 Å². The van der Waals surface area contributed by atoms with Gasteiger partial charge < -0.3 is 5.32 Å². The number of nitrogens with zero attached hydrogens (tertiary/aromatic N) is 1. The lowest BCUT2D eigenvalue weighted by molar-refractivity contribution is 0.331. The molecule has 1 aromatic rings. The Balaban J connectivity index is 1.85. The fraction of sp³-hybridized carbons (Fsp3) is 0.733. The summed E-state index contributed by atoms with van der Waals surface area (Å²) in [7, 11) is 0. The number of thiophene rings is 1. The van der Waals surface area contributed by atoms with Crippen LogP contribution in [-0.2, 0) is 13.1 Å². The molecule has 1 saturated heterocycles. The molecule has 1 aromatic heterocycles. The first-order chi connectivity index (χ1) is 8.65. The first-order valence-electron chi connectivity index (χ1n) is 7.16. The summed E-state index contributed by atoms with van der Waals surface area (Å²) < 4.78 is 0. The van der Waals surface area contributed by atoms with E-state index in [0.717, 1.165) is 25.6 Å². The highest BCUT2D eigenvalue weighted by Gasteiger charge is 2.14. The molecule has 3 heteroatoms. The molecule has 0 aliphatic carbocycles. The maximum Gasteiger partial charge on any atom is 0.0300 e. The van der Waals surface area contributed by atoms with Gasteiger partial charge in [0.15, 0.2) is 0 Å². The minimum atomic E-state index is 0.732. The summed E-state index contributed by atoms with van der Waals surface area (Å²) in [4.78, 5) is 5.57. The molecule has 0 spiro atoms. The van der Waals surface area contributed by atoms with Crippen LogP contribution >= 0.6 is 11.3 Å². The monoisotopic (exact) mass is 266 g/mol. The van der Waals surface area contributed by atoms with Crippen LogP contribution in [0.5, 0.6) is 0 Å². The SMILES string of the molecule is Cc1sc(CNCC(C)C)cc1CN1CCCC1. The first kappa shape index (κ1) is 14.0. The predicted molar refractivity (Wildman–Crippen MR) is 80.1 cm³/mol. The highest BCUT2D eigenvalue weighted by molar-refractivity contribution is 7.12. The Hall–Kier alpha value is -0.380. The summed E-state index contributed by atoms with van der Waals surface area (Å²) in [5.74, 6) is 0.732. The second-order valence-electron chi connectivity index (χ2n) is 5.80. The molecule has 2 rings (SSSR count). The van der Waals surface area contributed by atoms with Crippen LogP contribution in [0, 0.1) is 12.8 Å². The van der Waals surface area contributed by atoms with E-state index >= 15 is 0 Å². The van der Waals surface area contributed by atoms with E-state index in [1.165, 1.54) is 35.7 Å². The maximum absolute atomic E-state index is 3.53. The third kappa shape index (κ3) is 4.08. The molecule has 1 fully saturated rings. The Labute approximate surface area is 115 Å². The van der Waals surface area contributed by atoms with Gasteiger partial charge in [0.05, 0.1) is 0 Å². The van der Waals surface area contributed by atoms with Gasteiger partial charge in [-0.2, -0.15) is 0 Å². The second-order valence-corrected chi connectivity index (χ2v) is 7.14. The molecular formula is C15H26N2S. The van der Waals surface area contributed by atoms with Gasteiger partial charge in [-0.05, 0) is 56.9 Å². The number of nitrogens with one attached hydrogen (secondary N) is 1. The number of hydrogen-bond donors (Lipinski definition) is 1. The Morgan fingerprint density at radius 2 is 2.06 bits per heavy atom. The van der Waals surface area contributed by atoms with Gasteiger partial charge in [-0.3, -0.25) is 4.90 Å². The Morgan fingerprint density at radius 3 is 2.72 bits per heavy atom. The van der Waals surface area contributed by atoms with Crippen molar-refractivity contribution in [3.8, 4) is 0 Å². The molecule has 102 valence electrons. The van der Waals surface area contributed by atoms with E-state index in [1.807, 2.05) is 11.3 Å². The molecule has 0 amide bonds. The Morgan fingerprint density at radius 1 is 1.33 bits per heavy atom. The number of aryl methyl sites for hydroxylation is 1. The van der Waals surface area contributed by atoms with Crippen LogP contribution in [0.25, 0.3) is 0 Å². The summed E-state index contributed by atoms with van der Waals surface area (Å²) in [5.41, 5.74) is 1.54. The van der Waals surface area contributed by atoms with Gasteiger partial charge in [0.1, 0.15) is 0 Å². The van der Waals surface area contributed by atoms with Crippen molar-refractivity contribution in [2.24, 2.45) is 5.92 Å². The first-order valence-corrected chi connectivity index (χ1v) is 7.98. The summed E-state index contributed by atoms with van der Waals surface area (Å²) in [6.07, 6.45) is 2.76. The number of likely N-dealkylation sites (tertiary alicyclic amines) is 1. The van der Waals surface area contributed by atoms with E-state index < -0.39 is 0 Å². The third-order valence-corrected chi connectivity index (χ3v) is 4.61. The van der Waals surface area contributed by atoms with Crippen LogP contribution < -0.4 is 5.32 Å². The lowest BCUT2D eigenvalue weighted by atomic mass is 10.2. The quantitative estimate of drug-likeness (QED) is 0.849. The molecule has 1 aliphatic heterocycles. The third-order valence-electron chi connectivity index (χ3n) is 3.52. The van der Waals surface area contributed by atoms with Crippen LogP contribution in [0.4, 0.5) is 0 Å². The second kappa shape index (κ2) is 6.69. The normalized spacial score (nSPS) is 16.9. The average molecular weight is 266 g/mol. The smallest absolute Gasteiger partial charge is 0.0300 e.